The molecule has 0 amide bonds. The van der Waals surface area contributed by atoms with E-state index in [-0.39, 0.29) is 0 Å². The second kappa shape index (κ2) is 11.2. The average molecular weight is 440 g/mol. The van der Waals surface area contributed by atoms with Crippen LogP contribution in [0.25, 0.3) is 0 Å². The highest BCUT2D eigenvalue weighted by molar-refractivity contribution is 7.46. The van der Waals surface area contributed by atoms with Crippen LogP contribution in [0.15, 0.2) is 0 Å². The van der Waals surface area contributed by atoms with Gasteiger partial charge in [-0.15, -0.1) is 0 Å². The number of hydrogen-bond donors (Lipinski definition) is 2. The van der Waals surface area contributed by atoms with E-state index < -0.39 is 7.80 Å². The van der Waals surface area contributed by atoms with Crippen molar-refractivity contribution in [1.29, 1.82) is 0 Å². The van der Waals surface area contributed by atoms with E-state index in [1.807, 2.05) is 0 Å². The lowest BCUT2D eigenvalue weighted by Gasteiger charge is -2.33. The van der Waals surface area contributed by atoms with Crippen molar-refractivity contribution in [1.82, 2.24) is 0 Å². The van der Waals surface area contributed by atoms with E-state index in [2.05, 4.69) is 0 Å². The molecule has 0 spiro atoms. The van der Waals surface area contributed by atoms with Crippen LogP contribution in [0.1, 0.15) is 103 Å². The van der Waals surface area contributed by atoms with Crippen LogP contribution >= 0.6 is 7.80 Å². The quantitative estimate of drug-likeness (QED) is 0.568. The lowest BCUT2D eigenvalue weighted by atomic mass is 9.92. The van der Waals surface area contributed by atoms with Gasteiger partial charge < -0.3 is 20.9 Å². The van der Waals surface area contributed by atoms with Gasteiger partial charge in [-0.25, -0.2) is 0 Å². The van der Waals surface area contributed by atoms with Crippen LogP contribution in [0.4, 0.5) is 0 Å². The third kappa shape index (κ3) is 6.48. The Balaban J connectivity index is 1.13. The Bertz CT molecular complexity index is 485. The van der Waals surface area contributed by atoms with Gasteiger partial charge in [0.15, 0.2) is 11.3 Å². The van der Waals surface area contributed by atoms with E-state index in [0.717, 1.165) is 103 Å². The number of nitrogens with two attached hydrogens (primary N) is 2. The summed E-state index contributed by atoms with van der Waals surface area (Å²) in [5.41, 5.74) is 12.9. The van der Waals surface area contributed by atoms with Gasteiger partial charge in [-0.05, 0) is 103 Å². The largest absolute Gasteiger partial charge is 0.375 e. The van der Waals surface area contributed by atoms with Crippen molar-refractivity contribution >= 4 is 7.80 Å². The zero-order chi connectivity index (χ0) is 20.9. The molecule has 6 heteroatoms. The maximum Gasteiger partial charge on any atom is 0.344 e. The van der Waals surface area contributed by atoms with E-state index in [1.165, 1.54) is 0 Å². The van der Waals surface area contributed by atoms with Crippen LogP contribution in [0.2, 0.25) is 0 Å². The Morgan fingerprint density at radius 2 is 0.733 bits per heavy atom. The summed E-state index contributed by atoms with van der Waals surface area (Å²) in [6.45, 7) is 0. The molecular formula is C24H44N2O3P+. The molecule has 0 aromatic heterocycles. The van der Waals surface area contributed by atoms with Gasteiger partial charge in [-0.3, -0.25) is 0 Å². The van der Waals surface area contributed by atoms with E-state index in [9.17, 15) is 4.57 Å². The van der Waals surface area contributed by atoms with Gasteiger partial charge in [-0.1, -0.05) is 4.57 Å². The third-order valence-corrected chi connectivity index (χ3v) is 10.7. The molecule has 30 heavy (non-hydrogen) atoms. The fraction of sp³-hybridized carbons (Fsp3) is 1.00. The minimum atomic E-state index is -1.10. The lowest BCUT2D eigenvalue weighted by Crippen LogP contribution is -2.35. The summed E-state index contributed by atoms with van der Waals surface area (Å²) >= 11 is 0. The van der Waals surface area contributed by atoms with Crippen molar-refractivity contribution in [2.24, 2.45) is 11.5 Å². The van der Waals surface area contributed by atoms with Crippen LogP contribution < -0.4 is 11.5 Å². The van der Waals surface area contributed by atoms with E-state index in [0.29, 0.717) is 47.8 Å². The molecule has 5 nitrogen and oxygen atoms in total. The fourth-order valence-electron chi connectivity index (χ4n) is 6.16. The standard InChI is InChI=1S/C24H44N2O3P/c25-17-1-5-19(6-2-17)28-21-9-13-23(14-10-21)30(27)24-15-11-22(12-16-24)29-20-7-3-18(26)4-8-20/h17-24H,1-16,25-26H2/q+1. The van der Waals surface area contributed by atoms with Crippen LogP contribution in [-0.2, 0) is 14.0 Å². The maximum absolute atomic E-state index is 13.3. The predicted octanol–water partition coefficient (Wildman–Crippen LogP) is 5.01. The molecule has 4 N–H and O–H groups in total. The lowest BCUT2D eigenvalue weighted by molar-refractivity contribution is -0.0473. The molecule has 0 heterocycles. The molecule has 0 bridgehead atoms. The minimum Gasteiger partial charge on any atom is -0.375 e. The molecule has 0 aliphatic heterocycles. The van der Waals surface area contributed by atoms with E-state index in [1.54, 1.807) is 0 Å². The summed E-state index contributed by atoms with van der Waals surface area (Å²) in [6, 6.07) is 0.761. The fourth-order valence-corrected chi connectivity index (χ4v) is 8.37. The summed E-state index contributed by atoms with van der Waals surface area (Å²) in [6.07, 6.45) is 19.2. The highest BCUT2D eigenvalue weighted by Gasteiger charge is 2.43. The van der Waals surface area contributed by atoms with Crippen LogP contribution in [-0.4, -0.2) is 47.8 Å². The molecule has 0 aromatic carbocycles. The smallest absolute Gasteiger partial charge is 0.344 e. The Hall–Kier alpha value is -0.0600. The highest BCUT2D eigenvalue weighted by atomic mass is 31.1. The summed E-state index contributed by atoms with van der Waals surface area (Å²) in [5.74, 6) is 0. The second-order valence-corrected chi connectivity index (χ2v) is 12.7. The Kier molecular flexibility index (Phi) is 8.62. The SMILES string of the molecule is NC1CCC(OC2CCC([P+](=O)C3CCC(OC4CCC(N)CC4)CC3)CC2)CC1. The molecule has 0 atom stereocenters. The second-order valence-electron chi connectivity index (χ2n) is 10.6. The number of rotatable bonds is 6. The van der Waals surface area contributed by atoms with Crippen molar-refractivity contribution in [3.05, 3.63) is 0 Å². The summed E-state index contributed by atoms with van der Waals surface area (Å²) in [7, 11) is -1.10. The maximum atomic E-state index is 13.3. The molecule has 0 saturated heterocycles. The molecule has 4 fully saturated rings. The first kappa shape index (κ1) is 23.1. The third-order valence-electron chi connectivity index (χ3n) is 8.21. The molecular weight excluding hydrogens is 395 g/mol. The molecule has 4 aliphatic rings. The Morgan fingerprint density at radius 3 is 1.03 bits per heavy atom. The average Bonchev–Trinajstić information content (AvgIpc) is 2.77. The van der Waals surface area contributed by atoms with Crippen LogP contribution in [0.5, 0.6) is 0 Å². The zero-order valence-corrected chi connectivity index (χ0v) is 19.7. The van der Waals surface area contributed by atoms with Gasteiger partial charge in [0.25, 0.3) is 0 Å². The van der Waals surface area contributed by atoms with E-state index >= 15 is 0 Å². The van der Waals surface area contributed by atoms with Crippen molar-refractivity contribution in [2.45, 2.75) is 151 Å². The molecule has 4 rings (SSSR count). The topological polar surface area (TPSA) is 87.6 Å². The predicted molar refractivity (Wildman–Crippen MR) is 122 cm³/mol. The van der Waals surface area contributed by atoms with Crippen molar-refractivity contribution in [3.63, 3.8) is 0 Å². The monoisotopic (exact) mass is 439 g/mol. The first-order valence-corrected chi connectivity index (χ1v) is 14.2. The summed E-state index contributed by atoms with van der Waals surface area (Å²) < 4.78 is 26.0. The first-order valence-electron chi connectivity index (χ1n) is 12.8. The summed E-state index contributed by atoms with van der Waals surface area (Å²) in [4.78, 5) is 0. The van der Waals surface area contributed by atoms with Crippen molar-refractivity contribution in [3.8, 4) is 0 Å². The minimum absolute atomic E-state index is 0.381. The zero-order valence-electron chi connectivity index (χ0n) is 18.8. The van der Waals surface area contributed by atoms with Gasteiger partial charge in [0.05, 0.1) is 24.4 Å². The van der Waals surface area contributed by atoms with Gasteiger partial charge >= 0.3 is 7.80 Å². The molecule has 0 unspecified atom stereocenters. The van der Waals surface area contributed by atoms with Crippen LogP contribution in [0.3, 0.4) is 0 Å². The van der Waals surface area contributed by atoms with Gasteiger partial charge in [0.1, 0.15) is 0 Å². The van der Waals surface area contributed by atoms with Crippen molar-refractivity contribution in [2.75, 3.05) is 0 Å². The summed E-state index contributed by atoms with van der Waals surface area (Å²) in [5, 5.41) is 0. The van der Waals surface area contributed by atoms with Gasteiger partial charge in [0, 0.05) is 12.1 Å². The Morgan fingerprint density at radius 1 is 0.467 bits per heavy atom. The molecule has 0 radical (unpaired) electrons. The van der Waals surface area contributed by atoms with Gasteiger partial charge in [-0.2, -0.15) is 0 Å². The van der Waals surface area contributed by atoms with Crippen LogP contribution in [0, 0.1) is 0 Å². The normalized spacial score (nSPS) is 43.9. The van der Waals surface area contributed by atoms with Crippen molar-refractivity contribution < 1.29 is 14.0 Å². The number of ether oxygens (including phenoxy) is 2. The molecule has 4 aliphatic carbocycles. The Labute approximate surface area is 184 Å². The van der Waals surface area contributed by atoms with Gasteiger partial charge in [0.2, 0.25) is 0 Å². The first-order chi connectivity index (χ1) is 14.6. The molecule has 4 saturated carbocycles. The molecule has 0 aromatic rings. The van der Waals surface area contributed by atoms with E-state index in [4.69, 9.17) is 20.9 Å². The number of hydrogen-bond acceptors (Lipinski definition) is 5. The molecule has 172 valence electrons. The highest BCUT2D eigenvalue weighted by Crippen LogP contribution is 2.48.